The number of hydrogen-bond donors (Lipinski definition) is 2. The Hall–Kier alpha value is -2.11. The third-order valence-electron chi connectivity index (χ3n) is 3.38. The van der Waals surface area contributed by atoms with Crippen LogP contribution in [-0.4, -0.2) is 35.1 Å². The van der Waals surface area contributed by atoms with E-state index >= 15 is 0 Å². The van der Waals surface area contributed by atoms with Crippen molar-refractivity contribution in [3.63, 3.8) is 0 Å². The maximum Gasteiger partial charge on any atom is 0.354 e. The third kappa shape index (κ3) is 3.43. The normalized spacial score (nSPS) is 16.3. The molecule has 1 saturated heterocycles. The fourth-order valence-electron chi connectivity index (χ4n) is 2.37. The van der Waals surface area contributed by atoms with E-state index in [4.69, 9.17) is 10.8 Å². The SMILES string of the molecule is NC(=O)CC1CCN(c2cccc(C(=O)O)n2)CC1. The fourth-order valence-corrected chi connectivity index (χ4v) is 2.37. The van der Waals surface area contributed by atoms with Crippen molar-refractivity contribution in [2.75, 3.05) is 18.0 Å². The van der Waals surface area contributed by atoms with E-state index in [1.54, 1.807) is 12.1 Å². The number of hydrogen-bond acceptors (Lipinski definition) is 4. The molecular weight excluding hydrogens is 246 g/mol. The number of pyridine rings is 1. The predicted molar refractivity (Wildman–Crippen MR) is 69.9 cm³/mol. The topological polar surface area (TPSA) is 96.5 Å². The molecule has 0 radical (unpaired) electrons. The lowest BCUT2D eigenvalue weighted by Crippen LogP contribution is -2.35. The highest BCUT2D eigenvalue weighted by Gasteiger charge is 2.21. The molecule has 2 heterocycles. The number of carbonyl (C=O) groups is 2. The molecule has 1 aromatic rings. The number of nitrogens with two attached hydrogens (primary N) is 1. The summed E-state index contributed by atoms with van der Waals surface area (Å²) in [6.07, 6.45) is 2.18. The van der Waals surface area contributed by atoms with Crippen LogP contribution in [-0.2, 0) is 4.79 Å². The van der Waals surface area contributed by atoms with Gasteiger partial charge in [0.05, 0.1) is 0 Å². The first-order valence-electron chi connectivity index (χ1n) is 6.30. The lowest BCUT2D eigenvalue weighted by atomic mass is 9.93. The highest BCUT2D eigenvalue weighted by molar-refractivity contribution is 5.85. The van der Waals surface area contributed by atoms with Crippen LogP contribution in [0.5, 0.6) is 0 Å². The summed E-state index contributed by atoms with van der Waals surface area (Å²) in [5, 5.41) is 8.92. The summed E-state index contributed by atoms with van der Waals surface area (Å²) in [7, 11) is 0. The molecule has 1 amide bonds. The Morgan fingerprint density at radius 3 is 2.63 bits per heavy atom. The van der Waals surface area contributed by atoms with Gasteiger partial charge < -0.3 is 15.7 Å². The van der Waals surface area contributed by atoms with Crippen molar-refractivity contribution in [2.45, 2.75) is 19.3 Å². The van der Waals surface area contributed by atoms with Crippen LogP contribution >= 0.6 is 0 Å². The number of rotatable bonds is 4. The van der Waals surface area contributed by atoms with Gasteiger partial charge in [0.1, 0.15) is 5.82 Å². The molecule has 102 valence electrons. The van der Waals surface area contributed by atoms with Gasteiger partial charge in [0.15, 0.2) is 5.69 Å². The Morgan fingerprint density at radius 1 is 1.37 bits per heavy atom. The molecule has 0 aromatic carbocycles. The Kier molecular flexibility index (Phi) is 3.99. The quantitative estimate of drug-likeness (QED) is 0.840. The van der Waals surface area contributed by atoms with E-state index in [2.05, 4.69) is 4.98 Å². The molecule has 0 saturated carbocycles. The largest absolute Gasteiger partial charge is 0.477 e. The lowest BCUT2D eigenvalue weighted by molar-refractivity contribution is -0.119. The van der Waals surface area contributed by atoms with E-state index in [0.717, 1.165) is 25.9 Å². The summed E-state index contributed by atoms with van der Waals surface area (Å²) < 4.78 is 0. The highest BCUT2D eigenvalue weighted by atomic mass is 16.4. The molecule has 1 fully saturated rings. The number of aromatic nitrogens is 1. The summed E-state index contributed by atoms with van der Waals surface area (Å²) in [4.78, 5) is 27.9. The number of amides is 1. The van der Waals surface area contributed by atoms with Crippen LogP contribution in [0, 0.1) is 5.92 Å². The number of carboxylic acids is 1. The van der Waals surface area contributed by atoms with Crippen LogP contribution in [0.2, 0.25) is 0 Å². The zero-order valence-corrected chi connectivity index (χ0v) is 10.6. The van der Waals surface area contributed by atoms with Crippen molar-refractivity contribution in [1.82, 2.24) is 4.98 Å². The summed E-state index contributed by atoms with van der Waals surface area (Å²) >= 11 is 0. The van der Waals surface area contributed by atoms with Crippen LogP contribution in [0.3, 0.4) is 0 Å². The van der Waals surface area contributed by atoms with Crippen LogP contribution in [0.15, 0.2) is 18.2 Å². The van der Waals surface area contributed by atoms with Crippen molar-refractivity contribution >= 4 is 17.7 Å². The number of carboxylic acid groups (broad SMARTS) is 1. The third-order valence-corrected chi connectivity index (χ3v) is 3.38. The van der Waals surface area contributed by atoms with Gasteiger partial charge in [-0.3, -0.25) is 4.79 Å². The first kappa shape index (κ1) is 13.3. The molecule has 19 heavy (non-hydrogen) atoms. The predicted octanol–water partition coefficient (Wildman–Crippen LogP) is 0.872. The fraction of sp³-hybridized carbons (Fsp3) is 0.462. The molecular formula is C13H17N3O3. The van der Waals surface area contributed by atoms with Gasteiger partial charge in [-0.1, -0.05) is 6.07 Å². The summed E-state index contributed by atoms with van der Waals surface area (Å²) in [6, 6.07) is 4.98. The van der Waals surface area contributed by atoms with Crippen molar-refractivity contribution in [3.8, 4) is 0 Å². The smallest absolute Gasteiger partial charge is 0.354 e. The first-order valence-corrected chi connectivity index (χ1v) is 6.30. The van der Waals surface area contributed by atoms with Gasteiger partial charge in [-0.2, -0.15) is 0 Å². The van der Waals surface area contributed by atoms with Crippen LogP contribution in [0.25, 0.3) is 0 Å². The standard InChI is InChI=1S/C13H17N3O3/c14-11(17)8-9-4-6-16(7-5-9)12-3-1-2-10(15-12)13(18)19/h1-3,9H,4-8H2,(H2,14,17)(H,18,19). The second-order valence-corrected chi connectivity index (χ2v) is 4.79. The Balaban J connectivity index is 1.99. The number of anilines is 1. The Morgan fingerprint density at radius 2 is 2.05 bits per heavy atom. The number of carbonyl (C=O) groups excluding carboxylic acids is 1. The summed E-state index contributed by atoms with van der Waals surface area (Å²) in [6.45, 7) is 1.54. The zero-order valence-electron chi connectivity index (χ0n) is 10.6. The lowest BCUT2D eigenvalue weighted by Gasteiger charge is -2.32. The second-order valence-electron chi connectivity index (χ2n) is 4.79. The van der Waals surface area contributed by atoms with Crippen LogP contribution < -0.4 is 10.6 Å². The molecule has 0 aliphatic carbocycles. The number of nitrogens with zero attached hydrogens (tertiary/aromatic N) is 2. The van der Waals surface area contributed by atoms with Crippen molar-refractivity contribution in [2.24, 2.45) is 11.7 Å². The zero-order chi connectivity index (χ0) is 13.8. The van der Waals surface area contributed by atoms with E-state index in [0.29, 0.717) is 18.2 Å². The number of primary amides is 1. The molecule has 3 N–H and O–H groups in total. The minimum atomic E-state index is -1.02. The van der Waals surface area contributed by atoms with E-state index < -0.39 is 5.97 Å². The van der Waals surface area contributed by atoms with Crippen LogP contribution in [0.1, 0.15) is 29.8 Å². The highest BCUT2D eigenvalue weighted by Crippen LogP contribution is 2.23. The average molecular weight is 263 g/mol. The van der Waals surface area contributed by atoms with Crippen molar-refractivity contribution < 1.29 is 14.7 Å². The van der Waals surface area contributed by atoms with Gasteiger partial charge in [-0.05, 0) is 30.9 Å². The average Bonchev–Trinajstić information content (AvgIpc) is 2.39. The molecule has 0 unspecified atom stereocenters. The van der Waals surface area contributed by atoms with Gasteiger partial charge in [0.25, 0.3) is 0 Å². The van der Waals surface area contributed by atoms with Gasteiger partial charge in [0.2, 0.25) is 5.91 Å². The van der Waals surface area contributed by atoms with Crippen molar-refractivity contribution in [3.05, 3.63) is 23.9 Å². The van der Waals surface area contributed by atoms with E-state index in [1.807, 2.05) is 4.90 Å². The van der Waals surface area contributed by atoms with Gasteiger partial charge >= 0.3 is 5.97 Å². The molecule has 6 nitrogen and oxygen atoms in total. The molecule has 6 heteroatoms. The van der Waals surface area contributed by atoms with Gasteiger partial charge in [-0.25, -0.2) is 9.78 Å². The summed E-state index contributed by atoms with van der Waals surface area (Å²) in [5.74, 6) is -0.274. The van der Waals surface area contributed by atoms with Gasteiger partial charge in [-0.15, -0.1) is 0 Å². The van der Waals surface area contributed by atoms with E-state index in [9.17, 15) is 9.59 Å². The Labute approximate surface area is 111 Å². The van der Waals surface area contributed by atoms with E-state index in [-0.39, 0.29) is 11.6 Å². The molecule has 1 aromatic heterocycles. The maximum absolute atomic E-state index is 10.9. The minimum absolute atomic E-state index is 0.0526. The molecule has 0 bridgehead atoms. The first-order chi connectivity index (χ1) is 9.06. The van der Waals surface area contributed by atoms with E-state index in [1.165, 1.54) is 6.07 Å². The van der Waals surface area contributed by atoms with Gasteiger partial charge in [0, 0.05) is 19.5 Å². The number of piperidine rings is 1. The molecule has 1 aliphatic rings. The number of aromatic carboxylic acids is 1. The second kappa shape index (κ2) is 5.69. The molecule has 2 rings (SSSR count). The minimum Gasteiger partial charge on any atom is -0.477 e. The maximum atomic E-state index is 10.9. The monoisotopic (exact) mass is 263 g/mol. The Bertz CT molecular complexity index is 482. The summed E-state index contributed by atoms with van der Waals surface area (Å²) in [5.41, 5.74) is 5.24. The van der Waals surface area contributed by atoms with Crippen molar-refractivity contribution in [1.29, 1.82) is 0 Å². The van der Waals surface area contributed by atoms with Crippen LogP contribution in [0.4, 0.5) is 5.82 Å². The molecule has 0 atom stereocenters. The molecule has 0 spiro atoms. The molecule has 1 aliphatic heterocycles.